The smallest absolute Gasteiger partial charge is 0.410 e. The summed E-state index contributed by atoms with van der Waals surface area (Å²) < 4.78 is 39.8. The number of hydrogen-bond acceptors (Lipinski definition) is 31. The first-order valence-corrected chi connectivity index (χ1v) is 52.9. The number of fused-ring (bicyclic) bond motifs is 6. The summed E-state index contributed by atoms with van der Waals surface area (Å²) >= 11 is 0. The Hall–Kier alpha value is -14.4. The van der Waals surface area contributed by atoms with Gasteiger partial charge in [0, 0.05) is 188 Å². The fourth-order valence-electron chi connectivity index (χ4n) is 22.0. The molecule has 7 aromatic heterocycles. The van der Waals surface area contributed by atoms with E-state index in [2.05, 4.69) is 66.8 Å². The summed E-state index contributed by atoms with van der Waals surface area (Å²) in [6.07, 6.45) is 32.8. The SMILES string of the molecule is CC(=O)N(C)[C@H]1CCN(C(=O)c2cnc3c(c2)OCC(C)(C)N3)C1.CC(=O)N(C)[C@H]1CCN(C(=O)c2cnc3c(c2)OCC2(CC2)N3)C1.CN(C(=O)C1CC1)[C@H]1CCN(C(=O)c2cnc3c(c2)OCC2(CC2)N3)C1.O=C(c1cnc2c(c1)OCC1(CC1)N2)N1CCC(c2ccncc2)C1.O=C(c1cnc2c(c1)OCC1(CC1)N2)N1CC[C@H](N2CCCC2=O)C1.O=C(c1cnc2c(c1)OCC1(CC1)N2)N1CC[C@H](N2CCOC2=O)C1. The van der Waals surface area contributed by atoms with E-state index in [9.17, 15) is 52.7 Å². The Morgan fingerprint density at radius 3 is 0.973 bits per heavy atom. The molecule has 788 valence electrons. The molecular formula is C107H132N24O18. The van der Waals surface area contributed by atoms with Gasteiger partial charge in [0.05, 0.1) is 103 Å². The van der Waals surface area contributed by atoms with Crippen LogP contribution in [-0.2, 0) is 23.9 Å². The van der Waals surface area contributed by atoms with Crippen molar-refractivity contribution in [3.05, 3.63) is 137 Å². The van der Waals surface area contributed by atoms with Crippen molar-refractivity contribution >= 4 is 100 Å². The van der Waals surface area contributed by atoms with E-state index >= 15 is 0 Å². The van der Waals surface area contributed by atoms with Crippen molar-refractivity contribution in [3.8, 4) is 34.5 Å². The van der Waals surface area contributed by atoms with Crippen molar-refractivity contribution in [2.75, 3.05) is 191 Å². The van der Waals surface area contributed by atoms with Crippen LogP contribution in [0.2, 0.25) is 0 Å². The number of carbonyl (C=O) groups is 11. The van der Waals surface area contributed by atoms with Crippen LogP contribution in [-0.4, -0.2) is 376 Å². The Labute approximate surface area is 864 Å². The summed E-state index contributed by atoms with van der Waals surface area (Å²) in [4.78, 5) is 186. The van der Waals surface area contributed by atoms with Crippen LogP contribution in [0.3, 0.4) is 0 Å². The zero-order valence-electron chi connectivity index (χ0n) is 85.7. The first-order valence-electron chi connectivity index (χ1n) is 52.9. The largest absolute Gasteiger partial charge is 0.487 e. The third-order valence-electron chi connectivity index (χ3n) is 32.9. The number of likely N-dealkylation sites (tertiary alicyclic amines) is 7. The molecule has 6 N–H and O–H groups in total. The molecule has 7 aromatic rings. The van der Waals surface area contributed by atoms with Crippen LogP contribution in [0.1, 0.15) is 230 Å². The molecule has 27 rings (SSSR count). The number of cyclic esters (lactones) is 1. The summed E-state index contributed by atoms with van der Waals surface area (Å²) in [6.45, 7) is 20.4. The highest BCUT2D eigenvalue weighted by atomic mass is 16.6. The number of amides is 11. The van der Waals surface area contributed by atoms with E-state index in [0.29, 0.717) is 204 Å². The van der Waals surface area contributed by atoms with Crippen molar-refractivity contribution < 1.29 is 85.9 Å². The highest BCUT2D eigenvalue weighted by Gasteiger charge is 2.53. The van der Waals surface area contributed by atoms with Gasteiger partial charge in [0.1, 0.15) is 46.2 Å². The highest BCUT2D eigenvalue weighted by molar-refractivity contribution is 5.99. The van der Waals surface area contributed by atoms with Crippen LogP contribution in [0.15, 0.2) is 98.1 Å². The lowest BCUT2D eigenvalue weighted by molar-refractivity contribution is -0.133. The maximum atomic E-state index is 12.9. The van der Waals surface area contributed by atoms with Crippen molar-refractivity contribution in [3.63, 3.8) is 0 Å². The normalized spacial score (nSPS) is 24.3. The first kappa shape index (κ1) is 99.2. The van der Waals surface area contributed by atoms with E-state index in [-0.39, 0.29) is 135 Å². The number of rotatable bonds is 13. The monoisotopic (exact) mass is 2040 g/mol. The minimum atomic E-state index is -0.275. The molecule has 14 aliphatic heterocycles. The van der Waals surface area contributed by atoms with Gasteiger partial charge in [-0.05, 0) is 190 Å². The summed E-state index contributed by atoms with van der Waals surface area (Å²) in [6, 6.07) is 15.3. The number of likely N-dealkylation sites (N-methyl/N-ethyl adjacent to an activating group) is 3. The third-order valence-corrected chi connectivity index (χ3v) is 32.9. The molecule has 8 saturated heterocycles. The molecule has 6 aliphatic carbocycles. The van der Waals surface area contributed by atoms with Crippen molar-refractivity contribution in [2.45, 2.75) is 225 Å². The molecule has 149 heavy (non-hydrogen) atoms. The molecule has 0 bridgehead atoms. The van der Waals surface area contributed by atoms with Crippen LogP contribution in [0, 0.1) is 5.92 Å². The zero-order valence-corrected chi connectivity index (χ0v) is 85.7. The molecule has 0 aromatic carbocycles. The van der Waals surface area contributed by atoms with Gasteiger partial charge in [-0.2, -0.15) is 0 Å². The Morgan fingerprint density at radius 2 is 0.658 bits per heavy atom. The number of carbonyl (C=O) groups excluding carboxylic acids is 11. The van der Waals surface area contributed by atoms with Crippen LogP contribution in [0.5, 0.6) is 34.5 Å². The van der Waals surface area contributed by atoms with Gasteiger partial charge in [-0.1, -0.05) is 0 Å². The molecule has 14 fully saturated rings. The van der Waals surface area contributed by atoms with Crippen LogP contribution >= 0.6 is 0 Å². The summed E-state index contributed by atoms with van der Waals surface area (Å²) in [7, 11) is 5.43. The Bertz CT molecular complexity index is 6180. The van der Waals surface area contributed by atoms with Gasteiger partial charge in [0.2, 0.25) is 23.6 Å². The Morgan fingerprint density at radius 1 is 0.349 bits per heavy atom. The maximum Gasteiger partial charge on any atom is 0.410 e. The van der Waals surface area contributed by atoms with E-state index in [4.69, 9.17) is 33.2 Å². The summed E-state index contributed by atoms with van der Waals surface area (Å²) in [5.74, 6) is 9.12. The number of hydrogen-bond donors (Lipinski definition) is 6. The van der Waals surface area contributed by atoms with Gasteiger partial charge in [-0.25, -0.2) is 34.7 Å². The lowest BCUT2D eigenvalue weighted by Crippen LogP contribution is -2.41. The molecule has 6 saturated carbocycles. The van der Waals surface area contributed by atoms with E-state index in [1.807, 2.05) is 76.0 Å². The average Bonchev–Trinajstić information content (AvgIpc) is 1.62. The second kappa shape index (κ2) is 39.9. The molecule has 1 unspecified atom stereocenters. The molecule has 42 nitrogen and oxygen atoms in total. The van der Waals surface area contributed by atoms with Crippen molar-refractivity contribution in [1.29, 1.82) is 0 Å². The zero-order chi connectivity index (χ0) is 103. The minimum absolute atomic E-state index is 0.0202. The predicted molar refractivity (Wildman–Crippen MR) is 544 cm³/mol. The fourth-order valence-corrected chi connectivity index (χ4v) is 22.0. The van der Waals surface area contributed by atoms with Crippen molar-refractivity contribution in [2.24, 2.45) is 5.92 Å². The topological polar surface area (TPSA) is 450 Å². The van der Waals surface area contributed by atoms with Gasteiger partial charge in [0.25, 0.3) is 35.4 Å². The molecule has 6 atom stereocenters. The van der Waals surface area contributed by atoms with Gasteiger partial charge in [0.15, 0.2) is 69.4 Å². The Balaban J connectivity index is 0.000000101. The third kappa shape index (κ3) is 21.6. The number of pyridine rings is 7. The van der Waals surface area contributed by atoms with Crippen LogP contribution in [0.25, 0.3) is 0 Å². The first-order chi connectivity index (χ1) is 71.8. The van der Waals surface area contributed by atoms with Crippen LogP contribution < -0.4 is 60.3 Å². The van der Waals surface area contributed by atoms with E-state index < -0.39 is 0 Å². The lowest BCUT2D eigenvalue weighted by Gasteiger charge is -2.32. The second-order valence-electron chi connectivity index (χ2n) is 44.7. The standard InChI is InChI=1S/C19H24N4O3.C19H20N4O2.C18H22N4O3.C17H20N4O4.C17H22N4O3.C17H24N4O3/c1-22(17(24)12-2-3-12)14-4-7-23(10-14)18(25)13-8-15-16(20-9-13)21-19(5-6-19)11-26-15;24-18(23-8-3-14(11-23)13-1-6-20-7-2-13)15-9-16-17(21-10-15)22-19(4-5-19)12-25-16;23-15-2-1-6-22(15)13-3-7-21(10-13)17(24)12-8-14-16(19-9-12)20-18(4-5-18)11-25-14;22-15(20-4-1-12(9-20)21-5-6-24-16(21)23)11-7-13-14(18-8-11)19-17(2-3-17)10-25-13;1-11(22)20(2)13-3-6-21(9-13)16(23)12-7-14-15(18-8-12)19-17(4-5-17)10-24-14;1-11(22)20(4)13-5-6-21(9-13)16(23)12-7-14-15(18-8-12)19-17(2,3)10-24-14/h8-9,12,14H,2-7,10-11H2,1H3,(H,20,21);1-2,6-7,9-10,14H,3-5,8,11-12H2,(H,21,22);8-9,13H,1-7,10-11H2,(H,19,20);7-8,12H,1-6,9-10H2,(H,18,19);7-8,13H,3-6,9-10H2,1-2H3,(H,18,19);7-8,13H,5-6,9-10H2,1-4H3,(H,18,19)/t14-;;13-;12-;2*13-/m0.0000/s1. The van der Waals surface area contributed by atoms with E-state index in [1.54, 1.807) is 125 Å². The fraction of sp³-hybridized carbons (Fsp3) is 0.570. The van der Waals surface area contributed by atoms with E-state index in [1.165, 1.54) is 5.56 Å². The number of nitrogens with one attached hydrogen (secondary N) is 6. The predicted octanol–water partition coefficient (Wildman–Crippen LogP) is 8.75. The molecule has 42 heteroatoms. The number of anilines is 6. The molecule has 20 aliphatic rings. The van der Waals surface area contributed by atoms with Gasteiger partial charge in [-0.15, -0.1) is 0 Å². The van der Waals surface area contributed by atoms with Gasteiger partial charge in [-0.3, -0.25) is 57.8 Å². The Kier molecular flexibility index (Phi) is 26.6. The molecule has 21 heterocycles. The average molecular weight is 2040 g/mol. The molecule has 5 spiro atoms. The van der Waals surface area contributed by atoms with Crippen molar-refractivity contribution in [1.82, 2.24) is 88.8 Å². The molecule has 0 radical (unpaired) electrons. The minimum Gasteiger partial charge on any atom is -0.487 e. The maximum absolute atomic E-state index is 12.9. The van der Waals surface area contributed by atoms with E-state index in [0.717, 1.165) is 171 Å². The quantitative estimate of drug-likeness (QED) is 0.0628. The number of aromatic nitrogens is 7. The van der Waals surface area contributed by atoms with Gasteiger partial charge >= 0.3 is 6.09 Å². The van der Waals surface area contributed by atoms with Crippen LogP contribution in [0.4, 0.5) is 39.7 Å². The number of nitrogens with zero attached hydrogens (tertiary/aromatic N) is 18. The lowest BCUT2D eigenvalue weighted by atomic mass is 10.00. The summed E-state index contributed by atoms with van der Waals surface area (Å²) in [5.41, 5.74) is 4.74. The molecule has 11 amide bonds. The highest BCUT2D eigenvalue weighted by Crippen LogP contribution is 2.51. The molecular weight excluding hydrogens is 1910 g/mol. The second-order valence-corrected chi connectivity index (χ2v) is 44.7. The number of ether oxygens (including phenoxy) is 7. The van der Waals surface area contributed by atoms with Gasteiger partial charge < -0.3 is 114 Å². The summed E-state index contributed by atoms with van der Waals surface area (Å²) in [5, 5.41) is 20.4.